The average Bonchev–Trinajstić information content (AvgIpc) is 3.37. The Morgan fingerprint density at radius 3 is 2.35 bits per heavy atom. The lowest BCUT2D eigenvalue weighted by Crippen LogP contribution is -2.58. The molecule has 0 saturated carbocycles. The predicted octanol–water partition coefficient (Wildman–Crippen LogP) is 3.49. The van der Waals surface area contributed by atoms with Crippen LogP contribution in [0.2, 0.25) is 9.36 Å². The largest absolute Gasteiger partial charge is 0.401 e. The van der Waals surface area contributed by atoms with E-state index in [-0.39, 0.29) is 55.6 Å². The van der Waals surface area contributed by atoms with Crippen LogP contribution in [0, 0.1) is 5.82 Å². The molecule has 2 aliphatic rings. The number of thiophene rings is 1. The van der Waals surface area contributed by atoms with Gasteiger partial charge in [0, 0.05) is 45.7 Å². The molecule has 1 atom stereocenters. The molecule has 2 N–H and O–H groups in total. The second-order valence-corrected chi connectivity index (χ2v) is 13.7. The first-order valence-corrected chi connectivity index (χ1v) is 16.1. The summed E-state index contributed by atoms with van der Waals surface area (Å²) in [7, 11) is -4.75. The van der Waals surface area contributed by atoms with Gasteiger partial charge in [0.15, 0.2) is 0 Å². The minimum absolute atomic E-state index is 0.117. The number of piperazine rings is 1. The summed E-state index contributed by atoms with van der Waals surface area (Å²) < 4.78 is 82.7. The summed E-state index contributed by atoms with van der Waals surface area (Å²) in [6, 6.07) is 2.85. The third-order valence-corrected chi connectivity index (χ3v) is 10.1. The summed E-state index contributed by atoms with van der Waals surface area (Å²) in [4.78, 5) is 41.5. The van der Waals surface area contributed by atoms with Gasteiger partial charge in [0.05, 0.1) is 26.5 Å². The molecular weight excluding hydrogens is 661 g/mol. The Hall–Kier alpha value is -2.50. The highest BCUT2D eigenvalue weighted by molar-refractivity contribution is 7.89. The van der Waals surface area contributed by atoms with E-state index in [2.05, 4.69) is 10.0 Å². The second-order valence-electron chi connectivity index (χ2n) is 9.94. The first-order chi connectivity index (χ1) is 20.1. The summed E-state index contributed by atoms with van der Waals surface area (Å²) >= 11 is 13.2. The highest BCUT2D eigenvalue weighted by Crippen LogP contribution is 2.35. The van der Waals surface area contributed by atoms with E-state index in [1.54, 1.807) is 0 Å². The van der Waals surface area contributed by atoms with Crippen LogP contribution in [0.3, 0.4) is 0 Å². The Labute approximate surface area is 258 Å². The van der Waals surface area contributed by atoms with Crippen LogP contribution in [-0.4, -0.2) is 94.0 Å². The van der Waals surface area contributed by atoms with Crippen LogP contribution in [0.5, 0.6) is 0 Å². The van der Waals surface area contributed by atoms with E-state index in [9.17, 15) is 40.4 Å². The zero-order valence-electron chi connectivity index (χ0n) is 22.4. The molecule has 10 nitrogen and oxygen atoms in total. The average molecular weight is 689 g/mol. The number of alkyl halides is 3. The van der Waals surface area contributed by atoms with Gasteiger partial charge < -0.3 is 15.1 Å². The quantitative estimate of drug-likeness (QED) is 0.390. The van der Waals surface area contributed by atoms with Crippen molar-refractivity contribution in [2.45, 2.75) is 36.4 Å². The summed E-state index contributed by atoms with van der Waals surface area (Å²) in [5.41, 5.74) is -0.140. The maximum atomic E-state index is 14.7. The van der Waals surface area contributed by atoms with E-state index >= 15 is 0 Å². The van der Waals surface area contributed by atoms with Crippen LogP contribution in [0.1, 0.15) is 28.9 Å². The van der Waals surface area contributed by atoms with E-state index in [0.29, 0.717) is 23.2 Å². The minimum atomic E-state index is -4.75. The van der Waals surface area contributed by atoms with Crippen molar-refractivity contribution in [3.63, 3.8) is 0 Å². The number of piperidine rings is 1. The van der Waals surface area contributed by atoms with Gasteiger partial charge in [-0.25, -0.2) is 12.8 Å². The van der Waals surface area contributed by atoms with Gasteiger partial charge in [0.1, 0.15) is 16.8 Å². The fraction of sp³-hybridized carbons (Fsp3) is 0.480. The van der Waals surface area contributed by atoms with Gasteiger partial charge in [-0.2, -0.15) is 17.9 Å². The number of carbonyl (C=O) groups is 3. The Kier molecular flexibility index (Phi) is 10.6. The van der Waals surface area contributed by atoms with Crippen molar-refractivity contribution in [1.29, 1.82) is 0 Å². The lowest BCUT2D eigenvalue weighted by atomic mass is 10.1. The van der Waals surface area contributed by atoms with Crippen molar-refractivity contribution in [1.82, 2.24) is 19.8 Å². The third kappa shape index (κ3) is 8.57. The number of sulfonamides is 1. The minimum Gasteiger partial charge on any atom is -0.349 e. The second kappa shape index (κ2) is 13.6. The molecule has 1 aromatic carbocycles. The summed E-state index contributed by atoms with van der Waals surface area (Å²) in [5, 5.41) is 2.02. The number of rotatable bonds is 9. The molecule has 2 fully saturated rings. The summed E-state index contributed by atoms with van der Waals surface area (Å²) in [6.45, 7) is -2.02. The first-order valence-electron chi connectivity index (χ1n) is 13.1. The maximum absolute atomic E-state index is 14.7. The SMILES string of the molecule is O=C(NC[C@H](NS(=O)(=O)c1cc(F)cc(N2CCCCC2=O)c1Cl)C(=O)N1CCN(CC(F)(F)F)CC1)c1ccc(Cl)s1. The Balaban J connectivity index is 1.58. The number of nitrogens with one attached hydrogen (secondary N) is 2. The molecule has 1 aromatic heterocycles. The zero-order valence-corrected chi connectivity index (χ0v) is 25.6. The molecule has 18 heteroatoms. The number of carbonyl (C=O) groups excluding carboxylic acids is 3. The van der Waals surface area contributed by atoms with E-state index in [4.69, 9.17) is 23.2 Å². The Morgan fingerprint density at radius 1 is 1.05 bits per heavy atom. The number of amides is 3. The van der Waals surface area contributed by atoms with Crippen molar-refractivity contribution in [2.75, 3.05) is 50.7 Å². The van der Waals surface area contributed by atoms with Crippen LogP contribution in [0.4, 0.5) is 23.2 Å². The van der Waals surface area contributed by atoms with Crippen molar-refractivity contribution >= 4 is 68.0 Å². The van der Waals surface area contributed by atoms with Crippen molar-refractivity contribution in [2.24, 2.45) is 0 Å². The van der Waals surface area contributed by atoms with Gasteiger partial charge >= 0.3 is 6.18 Å². The molecule has 2 saturated heterocycles. The standard InChI is InChI=1S/C25H27Cl2F4N5O5S2/c26-20-5-4-18(42-20)23(38)32-13-16(24(39)35-9-7-34(8-10-35)14-25(29,30)31)33-43(40,41)19-12-15(28)11-17(22(19)27)36-6-2-1-3-21(36)37/h4-5,11-12,16,33H,1-3,6-10,13-14H2,(H,32,38)/t16-/m0/s1. The molecule has 0 radical (unpaired) electrons. The molecule has 4 rings (SSSR count). The van der Waals surface area contributed by atoms with Crippen LogP contribution < -0.4 is 14.9 Å². The van der Waals surface area contributed by atoms with Crippen molar-refractivity contribution in [3.8, 4) is 0 Å². The van der Waals surface area contributed by atoms with Crippen LogP contribution in [0.25, 0.3) is 0 Å². The van der Waals surface area contributed by atoms with Gasteiger partial charge in [-0.05, 0) is 37.1 Å². The fourth-order valence-corrected chi connectivity index (χ4v) is 7.52. The van der Waals surface area contributed by atoms with E-state index in [0.717, 1.165) is 22.3 Å². The van der Waals surface area contributed by atoms with E-state index < -0.39 is 62.9 Å². The molecule has 0 spiro atoms. The number of nitrogens with zero attached hydrogens (tertiary/aromatic N) is 3. The molecular formula is C25H27Cl2F4N5O5S2. The normalized spacial score (nSPS) is 17.7. The van der Waals surface area contributed by atoms with Crippen molar-refractivity contribution < 1.29 is 40.4 Å². The summed E-state index contributed by atoms with van der Waals surface area (Å²) in [6.07, 6.45) is -3.04. The molecule has 0 unspecified atom stereocenters. The first kappa shape index (κ1) is 33.4. The lowest BCUT2D eigenvalue weighted by Gasteiger charge is -2.36. The molecule has 2 aromatic rings. The number of anilines is 1. The van der Waals surface area contributed by atoms with Crippen molar-refractivity contribution in [3.05, 3.63) is 44.3 Å². The lowest BCUT2D eigenvalue weighted by molar-refractivity contribution is -0.152. The highest BCUT2D eigenvalue weighted by atomic mass is 35.5. The number of hydrogen-bond acceptors (Lipinski definition) is 7. The fourth-order valence-electron chi connectivity index (χ4n) is 4.75. The van der Waals surface area contributed by atoms with Gasteiger partial charge in [-0.1, -0.05) is 23.2 Å². The summed E-state index contributed by atoms with van der Waals surface area (Å²) in [5.74, 6) is -2.83. The molecule has 3 amide bonds. The number of hydrogen-bond donors (Lipinski definition) is 2. The molecule has 3 heterocycles. The Morgan fingerprint density at radius 2 is 1.74 bits per heavy atom. The third-order valence-electron chi connectivity index (χ3n) is 6.83. The van der Waals surface area contributed by atoms with Gasteiger partial charge in [0.2, 0.25) is 21.8 Å². The smallest absolute Gasteiger partial charge is 0.349 e. The monoisotopic (exact) mass is 687 g/mol. The van der Waals surface area contributed by atoms with Crippen LogP contribution in [-0.2, 0) is 19.6 Å². The number of benzene rings is 1. The number of halogens is 6. The van der Waals surface area contributed by atoms with Gasteiger partial charge in [-0.15, -0.1) is 11.3 Å². The topological polar surface area (TPSA) is 119 Å². The predicted molar refractivity (Wildman–Crippen MR) is 152 cm³/mol. The highest BCUT2D eigenvalue weighted by Gasteiger charge is 2.36. The van der Waals surface area contributed by atoms with E-state index in [1.807, 2.05) is 0 Å². The zero-order chi connectivity index (χ0) is 31.5. The molecule has 236 valence electrons. The molecule has 0 bridgehead atoms. The van der Waals surface area contributed by atoms with Gasteiger partial charge in [-0.3, -0.25) is 19.3 Å². The molecule has 0 aliphatic carbocycles. The van der Waals surface area contributed by atoms with Crippen LogP contribution >= 0.6 is 34.5 Å². The van der Waals surface area contributed by atoms with Gasteiger partial charge in [0.25, 0.3) is 5.91 Å². The Bertz CT molecular complexity index is 1480. The molecule has 2 aliphatic heterocycles. The van der Waals surface area contributed by atoms with E-state index in [1.165, 1.54) is 21.9 Å². The molecule has 43 heavy (non-hydrogen) atoms. The maximum Gasteiger partial charge on any atom is 0.401 e. The van der Waals surface area contributed by atoms with Crippen LogP contribution in [0.15, 0.2) is 29.2 Å².